The van der Waals surface area contributed by atoms with E-state index in [1.807, 2.05) is 0 Å². The Bertz CT molecular complexity index is 688. The SMILES string of the molecule is O=Cc1c(Cl)cccc1Oc1ccc([N+](=O)[O-])c(Cl)c1. The maximum absolute atomic E-state index is 11.0. The average molecular weight is 312 g/mol. The lowest BCUT2D eigenvalue weighted by Gasteiger charge is -2.09. The number of nitro benzene ring substituents is 1. The molecule has 2 rings (SSSR count). The fourth-order valence-electron chi connectivity index (χ4n) is 1.55. The van der Waals surface area contributed by atoms with E-state index in [9.17, 15) is 14.9 Å². The minimum Gasteiger partial charge on any atom is -0.457 e. The molecule has 0 atom stereocenters. The highest BCUT2D eigenvalue weighted by Crippen LogP contribution is 2.33. The summed E-state index contributed by atoms with van der Waals surface area (Å²) < 4.78 is 5.47. The molecular formula is C13H7Cl2NO4. The third kappa shape index (κ3) is 2.89. The molecule has 0 aliphatic rings. The average Bonchev–Trinajstić information content (AvgIpc) is 2.38. The zero-order valence-corrected chi connectivity index (χ0v) is 11.4. The molecule has 0 aliphatic heterocycles. The first-order valence-corrected chi connectivity index (χ1v) is 6.14. The highest BCUT2D eigenvalue weighted by Gasteiger charge is 2.14. The monoisotopic (exact) mass is 311 g/mol. The molecule has 0 amide bonds. The molecule has 0 aliphatic carbocycles. The van der Waals surface area contributed by atoms with Crippen molar-refractivity contribution >= 4 is 35.2 Å². The van der Waals surface area contributed by atoms with Gasteiger partial charge in [-0.05, 0) is 18.2 Å². The Labute approximate surface area is 123 Å². The van der Waals surface area contributed by atoms with E-state index in [-0.39, 0.29) is 32.8 Å². The van der Waals surface area contributed by atoms with E-state index < -0.39 is 4.92 Å². The maximum atomic E-state index is 11.0. The molecule has 0 spiro atoms. The number of hydrogen-bond donors (Lipinski definition) is 0. The Kier molecular flexibility index (Phi) is 4.22. The normalized spacial score (nSPS) is 10.1. The van der Waals surface area contributed by atoms with Gasteiger partial charge in [-0.3, -0.25) is 14.9 Å². The second-order valence-electron chi connectivity index (χ2n) is 3.74. The third-order valence-electron chi connectivity index (χ3n) is 2.47. The summed E-state index contributed by atoms with van der Waals surface area (Å²) in [6.07, 6.45) is 0.574. The van der Waals surface area contributed by atoms with E-state index in [0.29, 0.717) is 6.29 Å². The Morgan fingerprint density at radius 3 is 2.50 bits per heavy atom. The number of carbonyl (C=O) groups excluding carboxylic acids is 1. The van der Waals surface area contributed by atoms with Gasteiger partial charge in [0.2, 0.25) is 0 Å². The lowest BCUT2D eigenvalue weighted by atomic mass is 10.2. The van der Waals surface area contributed by atoms with Crippen molar-refractivity contribution in [3.8, 4) is 11.5 Å². The van der Waals surface area contributed by atoms with Gasteiger partial charge in [-0.1, -0.05) is 29.3 Å². The number of benzene rings is 2. The number of halogens is 2. The van der Waals surface area contributed by atoms with Crippen molar-refractivity contribution in [2.24, 2.45) is 0 Å². The summed E-state index contributed by atoms with van der Waals surface area (Å²) in [6, 6.07) is 8.65. The molecule has 0 saturated carbocycles. The molecule has 2 aromatic rings. The Balaban J connectivity index is 2.36. The van der Waals surface area contributed by atoms with Gasteiger partial charge in [0.1, 0.15) is 16.5 Å². The molecule has 2 aromatic carbocycles. The van der Waals surface area contributed by atoms with E-state index in [1.165, 1.54) is 18.2 Å². The second-order valence-corrected chi connectivity index (χ2v) is 4.56. The van der Waals surface area contributed by atoms with Crippen molar-refractivity contribution in [3.63, 3.8) is 0 Å². The van der Waals surface area contributed by atoms with Gasteiger partial charge < -0.3 is 4.74 Å². The molecule has 0 bridgehead atoms. The summed E-state index contributed by atoms with van der Waals surface area (Å²) in [6.45, 7) is 0. The zero-order chi connectivity index (χ0) is 14.7. The Morgan fingerprint density at radius 2 is 1.90 bits per heavy atom. The van der Waals surface area contributed by atoms with Crippen LogP contribution in [0.3, 0.4) is 0 Å². The van der Waals surface area contributed by atoms with Crippen molar-refractivity contribution < 1.29 is 14.5 Å². The number of nitro groups is 1. The summed E-state index contributed by atoms with van der Waals surface area (Å²) >= 11 is 11.6. The summed E-state index contributed by atoms with van der Waals surface area (Å²) in [5.74, 6) is 0.517. The van der Waals surface area contributed by atoms with Crippen molar-refractivity contribution in [2.75, 3.05) is 0 Å². The molecule has 0 aromatic heterocycles. The van der Waals surface area contributed by atoms with Crippen molar-refractivity contribution in [1.29, 1.82) is 0 Å². The minimum absolute atomic E-state index is 0.0535. The predicted octanol–water partition coefficient (Wildman–Crippen LogP) is 4.51. The standard InChI is InChI=1S/C13H7Cl2NO4/c14-10-2-1-3-13(9(10)7-17)20-8-4-5-12(16(18)19)11(15)6-8/h1-7H. The van der Waals surface area contributed by atoms with Crippen LogP contribution in [0.15, 0.2) is 36.4 Å². The molecule has 0 saturated heterocycles. The number of hydrogen-bond acceptors (Lipinski definition) is 4. The summed E-state index contributed by atoms with van der Waals surface area (Å²) in [5.41, 5.74) is -0.0237. The largest absolute Gasteiger partial charge is 0.457 e. The molecule has 20 heavy (non-hydrogen) atoms. The maximum Gasteiger partial charge on any atom is 0.288 e. The topological polar surface area (TPSA) is 69.4 Å². The second kappa shape index (κ2) is 5.90. The first-order valence-electron chi connectivity index (χ1n) is 5.38. The molecular weight excluding hydrogens is 305 g/mol. The van der Waals surface area contributed by atoms with Gasteiger partial charge in [-0.2, -0.15) is 0 Å². The molecule has 0 fully saturated rings. The van der Waals surface area contributed by atoms with Crippen LogP contribution in [0, 0.1) is 10.1 Å². The molecule has 0 unspecified atom stereocenters. The van der Waals surface area contributed by atoms with E-state index >= 15 is 0 Å². The van der Waals surface area contributed by atoms with Crippen LogP contribution in [0.2, 0.25) is 10.0 Å². The lowest BCUT2D eigenvalue weighted by Crippen LogP contribution is -1.93. The highest BCUT2D eigenvalue weighted by molar-refractivity contribution is 6.33. The van der Waals surface area contributed by atoms with E-state index in [2.05, 4.69) is 0 Å². The van der Waals surface area contributed by atoms with Gasteiger partial charge in [0, 0.05) is 12.1 Å². The number of nitrogens with zero attached hydrogens (tertiary/aromatic N) is 1. The van der Waals surface area contributed by atoms with E-state index in [0.717, 1.165) is 0 Å². The molecule has 102 valence electrons. The molecule has 0 radical (unpaired) electrons. The molecule has 0 N–H and O–H groups in total. The minimum atomic E-state index is -0.595. The highest BCUT2D eigenvalue weighted by atomic mass is 35.5. The van der Waals surface area contributed by atoms with Crippen molar-refractivity contribution in [2.45, 2.75) is 0 Å². The van der Waals surface area contributed by atoms with Gasteiger partial charge in [0.15, 0.2) is 6.29 Å². The number of rotatable bonds is 4. The predicted molar refractivity (Wildman–Crippen MR) is 75.0 cm³/mol. The van der Waals surface area contributed by atoms with Crippen LogP contribution in [-0.2, 0) is 0 Å². The molecule has 7 heteroatoms. The quantitative estimate of drug-likeness (QED) is 0.473. The lowest BCUT2D eigenvalue weighted by molar-refractivity contribution is -0.384. The van der Waals surface area contributed by atoms with Gasteiger partial charge in [-0.15, -0.1) is 0 Å². The fourth-order valence-corrected chi connectivity index (χ4v) is 2.00. The smallest absolute Gasteiger partial charge is 0.288 e. The van der Waals surface area contributed by atoms with Crippen molar-refractivity contribution in [3.05, 3.63) is 62.1 Å². The van der Waals surface area contributed by atoms with Gasteiger partial charge in [0.25, 0.3) is 5.69 Å². The van der Waals surface area contributed by atoms with Crippen molar-refractivity contribution in [1.82, 2.24) is 0 Å². The fraction of sp³-hybridized carbons (Fsp3) is 0. The number of ether oxygens (including phenoxy) is 1. The van der Waals surface area contributed by atoms with Crippen LogP contribution in [-0.4, -0.2) is 11.2 Å². The zero-order valence-electron chi connectivity index (χ0n) is 9.88. The van der Waals surface area contributed by atoms with E-state index in [4.69, 9.17) is 27.9 Å². The first kappa shape index (κ1) is 14.3. The van der Waals surface area contributed by atoms with Crippen LogP contribution in [0.25, 0.3) is 0 Å². The van der Waals surface area contributed by atoms with Gasteiger partial charge in [-0.25, -0.2) is 0 Å². The third-order valence-corrected chi connectivity index (χ3v) is 3.11. The Hall–Kier alpha value is -2.11. The van der Waals surface area contributed by atoms with Gasteiger partial charge >= 0.3 is 0 Å². The van der Waals surface area contributed by atoms with Crippen LogP contribution in [0.5, 0.6) is 11.5 Å². The van der Waals surface area contributed by atoms with E-state index in [1.54, 1.807) is 18.2 Å². The summed E-state index contributed by atoms with van der Waals surface area (Å²) in [5, 5.41) is 10.9. The molecule has 0 heterocycles. The van der Waals surface area contributed by atoms with Gasteiger partial charge in [0.05, 0.1) is 15.5 Å². The first-order chi connectivity index (χ1) is 9.52. The number of aldehydes is 1. The Morgan fingerprint density at radius 1 is 1.15 bits per heavy atom. The summed E-state index contributed by atoms with van der Waals surface area (Å²) in [4.78, 5) is 21.0. The summed E-state index contributed by atoms with van der Waals surface area (Å²) in [7, 11) is 0. The number of carbonyl (C=O) groups is 1. The van der Waals surface area contributed by atoms with Crippen LogP contribution < -0.4 is 4.74 Å². The van der Waals surface area contributed by atoms with Crippen LogP contribution in [0.4, 0.5) is 5.69 Å². The van der Waals surface area contributed by atoms with Crippen LogP contribution in [0.1, 0.15) is 10.4 Å². The van der Waals surface area contributed by atoms with Crippen LogP contribution >= 0.6 is 23.2 Å². The molecule has 5 nitrogen and oxygen atoms in total.